The van der Waals surface area contributed by atoms with Gasteiger partial charge in [-0.1, -0.05) is 11.8 Å². The van der Waals surface area contributed by atoms with Gasteiger partial charge in [0.25, 0.3) is 0 Å². The highest BCUT2D eigenvalue weighted by Crippen LogP contribution is 2.20. The van der Waals surface area contributed by atoms with Gasteiger partial charge in [-0.15, -0.1) is 10.2 Å². The Labute approximate surface area is 140 Å². The Kier molecular flexibility index (Phi) is 4.85. The van der Waals surface area contributed by atoms with Crippen molar-refractivity contribution in [2.75, 3.05) is 11.1 Å². The van der Waals surface area contributed by atoms with Crippen LogP contribution in [0, 0.1) is 11.6 Å². The third-order valence-corrected chi connectivity index (χ3v) is 3.89. The lowest BCUT2D eigenvalue weighted by atomic mass is 10.3. The number of anilines is 1. The normalized spacial score (nSPS) is 10.6. The first-order chi connectivity index (χ1) is 11.6. The molecule has 1 N–H and O–H groups in total. The molecule has 2 aromatic heterocycles. The van der Waals surface area contributed by atoms with Gasteiger partial charge in [-0.2, -0.15) is 0 Å². The van der Waals surface area contributed by atoms with Gasteiger partial charge in [0.2, 0.25) is 5.91 Å². The zero-order valence-corrected chi connectivity index (χ0v) is 13.0. The zero-order chi connectivity index (χ0) is 16.9. The highest BCUT2D eigenvalue weighted by Gasteiger charge is 2.09. The minimum atomic E-state index is -1.01. The molecule has 0 unspecified atom stereocenters. The molecule has 3 rings (SSSR count). The number of benzene rings is 1. The quantitative estimate of drug-likeness (QED) is 0.712. The van der Waals surface area contributed by atoms with Gasteiger partial charge in [-0.05, 0) is 36.4 Å². The molecule has 0 bridgehead atoms. The summed E-state index contributed by atoms with van der Waals surface area (Å²) in [6.45, 7) is 0. The van der Waals surface area contributed by atoms with Gasteiger partial charge in [-0.25, -0.2) is 8.78 Å². The van der Waals surface area contributed by atoms with E-state index in [0.29, 0.717) is 16.5 Å². The molecule has 0 fully saturated rings. The van der Waals surface area contributed by atoms with E-state index in [0.717, 1.165) is 12.1 Å². The van der Waals surface area contributed by atoms with Crippen LogP contribution in [0.15, 0.2) is 58.2 Å². The number of aromatic nitrogens is 2. The molecule has 5 nitrogen and oxygen atoms in total. The average molecular weight is 347 g/mol. The Morgan fingerprint density at radius 1 is 1.12 bits per heavy atom. The Balaban J connectivity index is 1.55. The predicted octanol–water partition coefficient (Wildman–Crippen LogP) is 3.75. The molecule has 0 spiro atoms. The fourth-order valence-corrected chi connectivity index (χ4v) is 2.48. The zero-order valence-electron chi connectivity index (χ0n) is 12.2. The van der Waals surface area contributed by atoms with Crippen LogP contribution >= 0.6 is 11.8 Å². The Morgan fingerprint density at radius 2 is 2.00 bits per heavy atom. The third kappa shape index (κ3) is 3.96. The Bertz CT molecular complexity index is 839. The first-order valence-corrected chi connectivity index (χ1v) is 7.86. The smallest absolute Gasteiger partial charge is 0.234 e. The number of carbonyl (C=O) groups is 1. The molecule has 8 heteroatoms. The number of thioether (sulfide) groups is 1. The minimum Gasteiger partial charge on any atom is -0.463 e. The fourth-order valence-electron chi connectivity index (χ4n) is 1.86. The molecular formula is C16H11F2N3O2S. The average Bonchev–Trinajstić information content (AvgIpc) is 3.11. The summed E-state index contributed by atoms with van der Waals surface area (Å²) in [4.78, 5) is 11.8. The van der Waals surface area contributed by atoms with E-state index in [-0.39, 0.29) is 17.3 Å². The number of furan rings is 1. The van der Waals surface area contributed by atoms with Crippen LogP contribution in [0.5, 0.6) is 0 Å². The van der Waals surface area contributed by atoms with Crippen LogP contribution in [0.2, 0.25) is 0 Å². The van der Waals surface area contributed by atoms with Crippen LogP contribution in [0.4, 0.5) is 14.5 Å². The van der Waals surface area contributed by atoms with Crippen LogP contribution in [0.1, 0.15) is 0 Å². The molecule has 2 heterocycles. The number of hydrogen-bond donors (Lipinski definition) is 1. The van der Waals surface area contributed by atoms with Crippen LogP contribution in [0.3, 0.4) is 0 Å². The maximum absolute atomic E-state index is 13.1. The molecule has 0 radical (unpaired) electrons. The molecule has 0 saturated carbocycles. The molecule has 122 valence electrons. The second-order valence-electron chi connectivity index (χ2n) is 4.70. The van der Waals surface area contributed by atoms with E-state index < -0.39 is 11.6 Å². The molecule has 3 aromatic rings. The van der Waals surface area contributed by atoms with E-state index in [1.165, 1.54) is 17.8 Å². The van der Waals surface area contributed by atoms with Gasteiger partial charge in [0.15, 0.2) is 17.4 Å². The van der Waals surface area contributed by atoms with Gasteiger partial charge >= 0.3 is 0 Å². The van der Waals surface area contributed by atoms with Crippen molar-refractivity contribution in [3.05, 3.63) is 60.4 Å². The monoisotopic (exact) mass is 347 g/mol. The molecule has 0 atom stereocenters. The first kappa shape index (κ1) is 16.1. The fraction of sp³-hybridized carbons (Fsp3) is 0.0625. The second-order valence-corrected chi connectivity index (χ2v) is 5.70. The lowest BCUT2D eigenvalue weighted by molar-refractivity contribution is -0.113. The number of halogens is 2. The molecule has 0 aliphatic carbocycles. The maximum atomic E-state index is 13.1. The van der Waals surface area contributed by atoms with Crippen molar-refractivity contribution in [1.29, 1.82) is 0 Å². The van der Waals surface area contributed by atoms with Crippen LogP contribution < -0.4 is 5.32 Å². The lowest BCUT2D eigenvalue weighted by Gasteiger charge is -2.05. The standard InChI is InChI=1S/C16H11F2N3O2S/c17-11-4-3-10(8-12(11)18)19-15(22)9-24-16-6-5-13(20-21-16)14-2-1-7-23-14/h1-8H,9H2,(H,19,22). The molecule has 1 aromatic carbocycles. The topological polar surface area (TPSA) is 68.0 Å². The number of rotatable bonds is 5. The van der Waals surface area contributed by atoms with Gasteiger partial charge < -0.3 is 9.73 Å². The van der Waals surface area contributed by atoms with Crippen molar-refractivity contribution in [2.24, 2.45) is 0 Å². The molecule has 0 aliphatic heterocycles. The van der Waals surface area contributed by atoms with Crippen LogP contribution in [0.25, 0.3) is 11.5 Å². The number of amides is 1. The summed E-state index contributed by atoms with van der Waals surface area (Å²) in [6.07, 6.45) is 1.54. The largest absolute Gasteiger partial charge is 0.463 e. The number of nitrogens with one attached hydrogen (secondary N) is 1. The highest BCUT2D eigenvalue weighted by atomic mass is 32.2. The predicted molar refractivity (Wildman–Crippen MR) is 85.4 cm³/mol. The van der Waals surface area contributed by atoms with E-state index in [1.807, 2.05) is 0 Å². The van der Waals surface area contributed by atoms with Crippen molar-refractivity contribution < 1.29 is 18.0 Å². The van der Waals surface area contributed by atoms with Gasteiger partial charge in [-0.3, -0.25) is 4.79 Å². The molecular weight excluding hydrogens is 336 g/mol. The SMILES string of the molecule is O=C(CSc1ccc(-c2ccco2)nn1)Nc1ccc(F)c(F)c1. The van der Waals surface area contributed by atoms with Gasteiger partial charge in [0.05, 0.1) is 12.0 Å². The van der Waals surface area contributed by atoms with Gasteiger partial charge in [0.1, 0.15) is 10.7 Å². The Morgan fingerprint density at radius 3 is 2.67 bits per heavy atom. The van der Waals surface area contributed by atoms with Crippen molar-refractivity contribution in [2.45, 2.75) is 5.03 Å². The number of nitrogens with zero attached hydrogens (tertiary/aromatic N) is 2. The van der Waals surface area contributed by atoms with Crippen molar-refractivity contribution in [3.8, 4) is 11.5 Å². The van der Waals surface area contributed by atoms with Crippen molar-refractivity contribution >= 4 is 23.4 Å². The van der Waals surface area contributed by atoms with Crippen molar-refractivity contribution in [1.82, 2.24) is 10.2 Å². The Hall–Kier alpha value is -2.74. The third-order valence-electron chi connectivity index (χ3n) is 2.97. The molecule has 24 heavy (non-hydrogen) atoms. The summed E-state index contributed by atoms with van der Waals surface area (Å²) in [5.41, 5.74) is 0.786. The van der Waals surface area contributed by atoms with E-state index in [1.54, 1.807) is 30.5 Å². The second kappa shape index (κ2) is 7.22. The minimum absolute atomic E-state index is 0.0633. The van der Waals surface area contributed by atoms with E-state index >= 15 is 0 Å². The van der Waals surface area contributed by atoms with E-state index in [9.17, 15) is 13.6 Å². The van der Waals surface area contributed by atoms with Gasteiger partial charge in [0, 0.05) is 11.8 Å². The van der Waals surface area contributed by atoms with Crippen LogP contribution in [-0.2, 0) is 4.79 Å². The summed E-state index contributed by atoms with van der Waals surface area (Å²) in [6, 6.07) is 10.2. The summed E-state index contributed by atoms with van der Waals surface area (Å²) < 4.78 is 31.1. The molecule has 1 amide bonds. The molecule has 0 aliphatic rings. The maximum Gasteiger partial charge on any atom is 0.234 e. The summed E-state index contributed by atoms with van der Waals surface area (Å²) in [7, 11) is 0. The van der Waals surface area contributed by atoms with E-state index in [4.69, 9.17) is 4.42 Å². The number of carbonyl (C=O) groups excluding carboxylic acids is 1. The van der Waals surface area contributed by atoms with Crippen molar-refractivity contribution in [3.63, 3.8) is 0 Å². The molecule has 0 saturated heterocycles. The number of hydrogen-bond acceptors (Lipinski definition) is 5. The lowest BCUT2D eigenvalue weighted by Crippen LogP contribution is -2.14. The first-order valence-electron chi connectivity index (χ1n) is 6.87. The van der Waals surface area contributed by atoms with Crippen LogP contribution in [-0.4, -0.2) is 21.9 Å². The van der Waals surface area contributed by atoms with E-state index in [2.05, 4.69) is 15.5 Å². The summed E-state index contributed by atoms with van der Waals surface area (Å²) in [5, 5.41) is 11.1. The highest BCUT2D eigenvalue weighted by molar-refractivity contribution is 7.99. The summed E-state index contributed by atoms with van der Waals surface area (Å²) >= 11 is 1.18. The summed E-state index contributed by atoms with van der Waals surface area (Å²) in [5.74, 6) is -1.67.